The van der Waals surface area contributed by atoms with Crippen LogP contribution in [-0.2, 0) is 11.3 Å². The molecule has 0 radical (unpaired) electrons. The fourth-order valence-corrected chi connectivity index (χ4v) is 2.57. The SMILES string of the molecule is O=C1CC(c2cc(F)cc(F)c2F)CN1Cc1ncc[nH]1. The lowest BCUT2D eigenvalue weighted by Crippen LogP contribution is -2.25. The summed E-state index contributed by atoms with van der Waals surface area (Å²) in [6.07, 6.45) is 3.23. The van der Waals surface area contributed by atoms with E-state index in [1.54, 1.807) is 12.4 Å². The number of nitrogens with zero attached hydrogens (tertiary/aromatic N) is 2. The van der Waals surface area contributed by atoms with Gasteiger partial charge in [0.05, 0.1) is 6.54 Å². The zero-order valence-electron chi connectivity index (χ0n) is 10.9. The second-order valence-electron chi connectivity index (χ2n) is 5.00. The predicted octanol–water partition coefficient (Wildman–Crippen LogP) is 2.34. The van der Waals surface area contributed by atoms with Crippen molar-refractivity contribution in [1.82, 2.24) is 14.9 Å². The lowest BCUT2D eigenvalue weighted by atomic mass is 9.97. The van der Waals surface area contributed by atoms with Crippen molar-refractivity contribution in [2.75, 3.05) is 6.54 Å². The smallest absolute Gasteiger partial charge is 0.223 e. The number of amides is 1. The van der Waals surface area contributed by atoms with Gasteiger partial charge in [0.25, 0.3) is 0 Å². The standard InChI is InChI=1S/C14H12F3N3O/c15-9-4-10(14(17)11(16)5-9)8-3-13(21)20(6-8)7-12-18-1-2-19-12/h1-2,4-5,8H,3,6-7H2,(H,18,19). The average molecular weight is 295 g/mol. The Morgan fingerprint density at radius 2 is 2.14 bits per heavy atom. The Labute approximate surface area is 118 Å². The number of rotatable bonds is 3. The molecule has 4 nitrogen and oxygen atoms in total. The van der Waals surface area contributed by atoms with E-state index in [0.29, 0.717) is 11.9 Å². The number of aromatic amines is 1. The number of carbonyl (C=O) groups excluding carboxylic acids is 1. The zero-order chi connectivity index (χ0) is 15.0. The Kier molecular flexibility index (Phi) is 3.40. The molecular formula is C14H12F3N3O. The summed E-state index contributed by atoms with van der Waals surface area (Å²) < 4.78 is 40.3. The minimum Gasteiger partial charge on any atom is -0.347 e. The summed E-state index contributed by atoms with van der Waals surface area (Å²) in [4.78, 5) is 20.3. The molecule has 1 aliphatic rings. The van der Waals surface area contributed by atoms with Crippen molar-refractivity contribution in [1.29, 1.82) is 0 Å². The zero-order valence-corrected chi connectivity index (χ0v) is 10.9. The number of hydrogen-bond donors (Lipinski definition) is 1. The number of carbonyl (C=O) groups is 1. The minimum atomic E-state index is -1.23. The van der Waals surface area contributed by atoms with E-state index in [-0.39, 0.29) is 31.0 Å². The van der Waals surface area contributed by atoms with Crippen molar-refractivity contribution in [2.24, 2.45) is 0 Å². The summed E-state index contributed by atoms with van der Waals surface area (Å²) in [5.74, 6) is -3.31. The molecule has 1 saturated heterocycles. The third kappa shape index (κ3) is 2.63. The molecule has 1 atom stereocenters. The van der Waals surface area contributed by atoms with E-state index in [1.807, 2.05) is 0 Å². The molecule has 3 rings (SSSR count). The Morgan fingerprint density at radius 1 is 1.33 bits per heavy atom. The monoisotopic (exact) mass is 295 g/mol. The fraction of sp³-hybridized carbons (Fsp3) is 0.286. The highest BCUT2D eigenvalue weighted by Gasteiger charge is 2.33. The molecule has 110 valence electrons. The van der Waals surface area contributed by atoms with Crippen LogP contribution in [0.4, 0.5) is 13.2 Å². The number of likely N-dealkylation sites (tertiary alicyclic amines) is 1. The van der Waals surface area contributed by atoms with Gasteiger partial charge in [-0.15, -0.1) is 0 Å². The molecule has 1 aromatic heterocycles. The third-order valence-electron chi connectivity index (χ3n) is 3.57. The molecule has 21 heavy (non-hydrogen) atoms. The van der Waals surface area contributed by atoms with Gasteiger partial charge in [-0.05, 0) is 11.6 Å². The van der Waals surface area contributed by atoms with Crippen LogP contribution in [-0.4, -0.2) is 27.3 Å². The van der Waals surface area contributed by atoms with Gasteiger partial charge >= 0.3 is 0 Å². The summed E-state index contributed by atoms with van der Waals surface area (Å²) in [6.45, 7) is 0.473. The Hall–Kier alpha value is -2.31. The fourth-order valence-electron chi connectivity index (χ4n) is 2.57. The van der Waals surface area contributed by atoms with E-state index in [0.717, 1.165) is 6.07 Å². The molecule has 1 unspecified atom stereocenters. The molecule has 1 aromatic carbocycles. The van der Waals surface area contributed by atoms with Crippen LogP contribution >= 0.6 is 0 Å². The summed E-state index contributed by atoms with van der Waals surface area (Å²) in [5, 5.41) is 0. The number of H-pyrrole nitrogens is 1. The molecule has 0 saturated carbocycles. The van der Waals surface area contributed by atoms with Crippen LogP contribution in [0, 0.1) is 17.5 Å². The van der Waals surface area contributed by atoms with Gasteiger partial charge in [-0.1, -0.05) is 0 Å². The maximum Gasteiger partial charge on any atom is 0.223 e. The maximum atomic E-state index is 13.8. The number of benzene rings is 1. The lowest BCUT2D eigenvalue weighted by molar-refractivity contribution is -0.128. The first kappa shape index (κ1) is 13.7. The van der Waals surface area contributed by atoms with Crippen LogP contribution in [0.5, 0.6) is 0 Å². The van der Waals surface area contributed by atoms with Crippen LogP contribution in [0.25, 0.3) is 0 Å². The summed E-state index contributed by atoms with van der Waals surface area (Å²) >= 11 is 0. The molecule has 1 N–H and O–H groups in total. The van der Waals surface area contributed by atoms with Gasteiger partial charge in [-0.25, -0.2) is 18.2 Å². The Morgan fingerprint density at radius 3 is 2.86 bits per heavy atom. The first-order valence-electron chi connectivity index (χ1n) is 6.45. The van der Waals surface area contributed by atoms with Crippen LogP contribution in [0.15, 0.2) is 24.5 Å². The minimum absolute atomic E-state index is 0.0283. The molecule has 1 fully saturated rings. The largest absolute Gasteiger partial charge is 0.347 e. The van der Waals surface area contributed by atoms with E-state index in [2.05, 4.69) is 9.97 Å². The second kappa shape index (κ2) is 5.23. The number of imidazole rings is 1. The van der Waals surface area contributed by atoms with Gasteiger partial charge < -0.3 is 9.88 Å². The molecule has 2 heterocycles. The lowest BCUT2D eigenvalue weighted by Gasteiger charge is -2.15. The average Bonchev–Trinajstić information content (AvgIpc) is 3.05. The van der Waals surface area contributed by atoms with Crippen molar-refractivity contribution in [3.05, 3.63) is 53.4 Å². The number of aromatic nitrogens is 2. The first-order valence-corrected chi connectivity index (χ1v) is 6.45. The summed E-state index contributed by atoms with van der Waals surface area (Å²) in [5.41, 5.74) is -0.0946. The highest BCUT2D eigenvalue weighted by molar-refractivity contribution is 5.79. The highest BCUT2D eigenvalue weighted by atomic mass is 19.2. The van der Waals surface area contributed by atoms with Crippen molar-refractivity contribution >= 4 is 5.91 Å². The quantitative estimate of drug-likeness (QED) is 0.884. The Bertz CT molecular complexity index is 672. The number of nitrogens with one attached hydrogen (secondary N) is 1. The van der Waals surface area contributed by atoms with Crippen LogP contribution < -0.4 is 0 Å². The molecule has 0 aliphatic carbocycles. The normalized spacial score (nSPS) is 18.5. The molecular weight excluding hydrogens is 283 g/mol. The van der Waals surface area contributed by atoms with Crippen molar-refractivity contribution < 1.29 is 18.0 Å². The molecule has 2 aromatic rings. The van der Waals surface area contributed by atoms with Crippen molar-refractivity contribution in [2.45, 2.75) is 18.9 Å². The van der Waals surface area contributed by atoms with Gasteiger partial charge in [0.1, 0.15) is 11.6 Å². The topological polar surface area (TPSA) is 49.0 Å². The van der Waals surface area contributed by atoms with E-state index in [1.165, 1.54) is 4.90 Å². The van der Waals surface area contributed by atoms with Gasteiger partial charge in [0.2, 0.25) is 5.91 Å². The summed E-state index contributed by atoms with van der Waals surface area (Å²) in [7, 11) is 0. The van der Waals surface area contributed by atoms with Crippen LogP contribution in [0.2, 0.25) is 0 Å². The van der Waals surface area contributed by atoms with Gasteiger partial charge in [0.15, 0.2) is 11.6 Å². The highest BCUT2D eigenvalue weighted by Crippen LogP contribution is 2.31. The second-order valence-corrected chi connectivity index (χ2v) is 5.00. The van der Waals surface area contributed by atoms with Crippen molar-refractivity contribution in [3.63, 3.8) is 0 Å². The van der Waals surface area contributed by atoms with E-state index < -0.39 is 23.4 Å². The molecule has 0 spiro atoms. The molecule has 0 bridgehead atoms. The molecule has 7 heteroatoms. The van der Waals surface area contributed by atoms with E-state index in [9.17, 15) is 18.0 Å². The van der Waals surface area contributed by atoms with Crippen molar-refractivity contribution in [3.8, 4) is 0 Å². The third-order valence-corrected chi connectivity index (χ3v) is 3.57. The number of hydrogen-bond acceptors (Lipinski definition) is 2. The Balaban J connectivity index is 1.81. The number of halogens is 3. The maximum absolute atomic E-state index is 13.8. The van der Waals surface area contributed by atoms with Gasteiger partial charge in [-0.2, -0.15) is 0 Å². The van der Waals surface area contributed by atoms with Gasteiger partial charge in [-0.3, -0.25) is 4.79 Å². The first-order chi connectivity index (χ1) is 10.0. The molecule has 1 amide bonds. The van der Waals surface area contributed by atoms with E-state index in [4.69, 9.17) is 0 Å². The van der Waals surface area contributed by atoms with Crippen LogP contribution in [0.1, 0.15) is 23.7 Å². The van der Waals surface area contributed by atoms with Crippen LogP contribution in [0.3, 0.4) is 0 Å². The van der Waals surface area contributed by atoms with E-state index >= 15 is 0 Å². The van der Waals surface area contributed by atoms with Gasteiger partial charge in [0, 0.05) is 37.3 Å². The molecule has 1 aliphatic heterocycles. The predicted molar refractivity (Wildman–Crippen MR) is 67.7 cm³/mol. The summed E-state index contributed by atoms with van der Waals surface area (Å²) in [6, 6.07) is 1.45.